The van der Waals surface area contributed by atoms with Crippen molar-refractivity contribution in [2.45, 2.75) is 12.8 Å². The summed E-state index contributed by atoms with van der Waals surface area (Å²) in [6, 6.07) is 13.8. The molecular formula is C16H15BrN2O. The van der Waals surface area contributed by atoms with E-state index in [9.17, 15) is 4.79 Å². The molecule has 2 aromatic carbocycles. The standard InChI is InChI=1S/C16H15BrN2O/c17-13-3-1-2-11(8-13)9-16(20)19-14-4-5-15-12(10-14)6-7-18-15/h1-5,8,10,18H,6-7,9H2,(H,19,20). The molecule has 1 amide bonds. The fraction of sp³-hybridized carbons (Fsp3) is 0.188. The zero-order valence-electron chi connectivity index (χ0n) is 10.9. The van der Waals surface area contributed by atoms with Gasteiger partial charge in [0.15, 0.2) is 0 Å². The van der Waals surface area contributed by atoms with Crippen molar-refractivity contribution in [1.29, 1.82) is 0 Å². The Labute approximate surface area is 126 Å². The van der Waals surface area contributed by atoms with Gasteiger partial charge >= 0.3 is 0 Å². The number of carbonyl (C=O) groups excluding carboxylic acids is 1. The number of nitrogens with one attached hydrogen (secondary N) is 2. The molecule has 0 unspecified atom stereocenters. The van der Waals surface area contributed by atoms with Gasteiger partial charge in [0.2, 0.25) is 5.91 Å². The summed E-state index contributed by atoms with van der Waals surface area (Å²) in [6.45, 7) is 0.977. The van der Waals surface area contributed by atoms with E-state index in [0.717, 1.165) is 28.7 Å². The Morgan fingerprint density at radius 1 is 1.25 bits per heavy atom. The molecule has 0 bridgehead atoms. The molecule has 2 N–H and O–H groups in total. The van der Waals surface area contributed by atoms with Crippen molar-refractivity contribution in [1.82, 2.24) is 0 Å². The Bertz CT molecular complexity index is 655. The Balaban J connectivity index is 1.67. The summed E-state index contributed by atoms with van der Waals surface area (Å²) in [6.07, 6.45) is 1.40. The number of hydrogen-bond acceptors (Lipinski definition) is 2. The van der Waals surface area contributed by atoms with Crippen molar-refractivity contribution < 1.29 is 4.79 Å². The number of anilines is 2. The molecule has 0 aromatic heterocycles. The minimum Gasteiger partial charge on any atom is -0.384 e. The molecule has 20 heavy (non-hydrogen) atoms. The third-order valence-electron chi connectivity index (χ3n) is 3.35. The molecular weight excluding hydrogens is 316 g/mol. The number of carbonyl (C=O) groups is 1. The van der Waals surface area contributed by atoms with Crippen LogP contribution in [0.1, 0.15) is 11.1 Å². The van der Waals surface area contributed by atoms with Crippen LogP contribution in [0.3, 0.4) is 0 Å². The van der Waals surface area contributed by atoms with E-state index in [2.05, 4.69) is 26.6 Å². The summed E-state index contributed by atoms with van der Waals surface area (Å²) in [5.41, 5.74) is 4.31. The summed E-state index contributed by atoms with van der Waals surface area (Å²) in [5.74, 6) is 0.00834. The van der Waals surface area contributed by atoms with Crippen LogP contribution in [-0.2, 0) is 17.6 Å². The number of fused-ring (bicyclic) bond motifs is 1. The highest BCUT2D eigenvalue weighted by Gasteiger charge is 2.11. The molecule has 2 aromatic rings. The summed E-state index contributed by atoms with van der Waals surface area (Å²) in [4.78, 5) is 12.1. The van der Waals surface area contributed by atoms with E-state index in [1.807, 2.05) is 42.5 Å². The van der Waals surface area contributed by atoms with E-state index in [-0.39, 0.29) is 5.91 Å². The minimum atomic E-state index is 0.00834. The molecule has 4 heteroatoms. The fourth-order valence-corrected chi connectivity index (χ4v) is 2.87. The molecule has 0 saturated carbocycles. The van der Waals surface area contributed by atoms with Gasteiger partial charge in [-0.25, -0.2) is 0 Å². The summed E-state index contributed by atoms with van der Waals surface area (Å²) in [7, 11) is 0. The van der Waals surface area contributed by atoms with E-state index in [4.69, 9.17) is 0 Å². The normalized spacial score (nSPS) is 12.7. The number of halogens is 1. The predicted octanol–water partition coefficient (Wildman–Crippen LogP) is 3.60. The maximum atomic E-state index is 12.1. The molecule has 3 nitrogen and oxygen atoms in total. The van der Waals surface area contributed by atoms with Gasteiger partial charge in [-0.3, -0.25) is 4.79 Å². The smallest absolute Gasteiger partial charge is 0.228 e. The minimum absolute atomic E-state index is 0.00834. The van der Waals surface area contributed by atoms with Crippen molar-refractivity contribution in [2.75, 3.05) is 17.2 Å². The van der Waals surface area contributed by atoms with Gasteiger partial charge in [0, 0.05) is 22.4 Å². The zero-order valence-corrected chi connectivity index (χ0v) is 12.5. The Hall–Kier alpha value is -1.81. The van der Waals surface area contributed by atoms with Crippen molar-refractivity contribution >= 4 is 33.2 Å². The lowest BCUT2D eigenvalue weighted by atomic mass is 10.1. The highest BCUT2D eigenvalue weighted by atomic mass is 79.9. The van der Waals surface area contributed by atoms with Gasteiger partial charge in [-0.1, -0.05) is 28.1 Å². The lowest BCUT2D eigenvalue weighted by Gasteiger charge is -2.07. The summed E-state index contributed by atoms with van der Waals surface area (Å²) in [5, 5.41) is 6.27. The average molecular weight is 331 g/mol. The molecule has 0 aliphatic carbocycles. The number of rotatable bonds is 3. The van der Waals surface area contributed by atoms with Crippen LogP contribution < -0.4 is 10.6 Å². The van der Waals surface area contributed by atoms with E-state index in [1.54, 1.807) is 0 Å². The molecule has 0 saturated heterocycles. The van der Waals surface area contributed by atoms with E-state index < -0.39 is 0 Å². The first-order valence-electron chi connectivity index (χ1n) is 6.62. The van der Waals surface area contributed by atoms with Gasteiger partial charge in [-0.05, 0) is 47.9 Å². The molecule has 1 aliphatic heterocycles. The van der Waals surface area contributed by atoms with Gasteiger partial charge in [-0.15, -0.1) is 0 Å². The second kappa shape index (κ2) is 5.67. The zero-order chi connectivity index (χ0) is 13.9. The van der Waals surface area contributed by atoms with Crippen LogP contribution in [0, 0.1) is 0 Å². The van der Waals surface area contributed by atoms with Gasteiger partial charge in [0.05, 0.1) is 6.42 Å². The first kappa shape index (κ1) is 13.2. The lowest BCUT2D eigenvalue weighted by molar-refractivity contribution is -0.115. The predicted molar refractivity (Wildman–Crippen MR) is 85.1 cm³/mol. The highest BCUT2D eigenvalue weighted by Crippen LogP contribution is 2.25. The number of benzene rings is 2. The topological polar surface area (TPSA) is 41.1 Å². The lowest BCUT2D eigenvalue weighted by Crippen LogP contribution is -2.14. The van der Waals surface area contributed by atoms with Crippen molar-refractivity contribution in [3.05, 3.63) is 58.1 Å². The van der Waals surface area contributed by atoms with Crippen molar-refractivity contribution in [2.24, 2.45) is 0 Å². The monoisotopic (exact) mass is 330 g/mol. The quantitative estimate of drug-likeness (QED) is 0.902. The highest BCUT2D eigenvalue weighted by molar-refractivity contribution is 9.10. The summed E-state index contributed by atoms with van der Waals surface area (Å²) < 4.78 is 0.992. The Kier molecular flexibility index (Phi) is 3.74. The third-order valence-corrected chi connectivity index (χ3v) is 3.85. The van der Waals surface area contributed by atoms with Crippen LogP contribution in [0.15, 0.2) is 46.9 Å². The van der Waals surface area contributed by atoms with Crippen LogP contribution >= 0.6 is 15.9 Å². The fourth-order valence-electron chi connectivity index (χ4n) is 2.42. The molecule has 1 aliphatic rings. The second-order valence-electron chi connectivity index (χ2n) is 4.90. The largest absolute Gasteiger partial charge is 0.384 e. The third kappa shape index (κ3) is 3.02. The second-order valence-corrected chi connectivity index (χ2v) is 5.82. The first-order valence-corrected chi connectivity index (χ1v) is 7.41. The van der Waals surface area contributed by atoms with Crippen molar-refractivity contribution in [3.8, 4) is 0 Å². The molecule has 1 heterocycles. The van der Waals surface area contributed by atoms with Crippen LogP contribution in [-0.4, -0.2) is 12.5 Å². The summed E-state index contributed by atoms with van der Waals surface area (Å²) >= 11 is 3.41. The number of amides is 1. The van der Waals surface area contributed by atoms with Gasteiger partial charge in [-0.2, -0.15) is 0 Å². The average Bonchev–Trinajstić information content (AvgIpc) is 2.86. The maximum absolute atomic E-state index is 12.1. The molecule has 0 radical (unpaired) electrons. The van der Waals surface area contributed by atoms with Gasteiger partial charge in [0.25, 0.3) is 0 Å². The Morgan fingerprint density at radius 2 is 2.15 bits per heavy atom. The molecule has 0 atom stereocenters. The van der Waals surface area contributed by atoms with Crippen LogP contribution in [0.4, 0.5) is 11.4 Å². The first-order chi connectivity index (χ1) is 9.70. The Morgan fingerprint density at radius 3 is 3.00 bits per heavy atom. The molecule has 3 rings (SSSR count). The maximum Gasteiger partial charge on any atom is 0.228 e. The SMILES string of the molecule is O=C(Cc1cccc(Br)c1)Nc1ccc2c(c1)CCN2. The van der Waals surface area contributed by atoms with E-state index in [0.29, 0.717) is 6.42 Å². The molecule has 0 fully saturated rings. The molecule has 102 valence electrons. The van der Waals surface area contributed by atoms with Crippen LogP contribution in [0.5, 0.6) is 0 Å². The van der Waals surface area contributed by atoms with Crippen LogP contribution in [0.25, 0.3) is 0 Å². The van der Waals surface area contributed by atoms with Crippen molar-refractivity contribution in [3.63, 3.8) is 0 Å². The number of hydrogen-bond donors (Lipinski definition) is 2. The van der Waals surface area contributed by atoms with Gasteiger partial charge in [0.1, 0.15) is 0 Å². The van der Waals surface area contributed by atoms with E-state index >= 15 is 0 Å². The van der Waals surface area contributed by atoms with Crippen LogP contribution in [0.2, 0.25) is 0 Å². The van der Waals surface area contributed by atoms with E-state index in [1.165, 1.54) is 11.3 Å². The molecule has 0 spiro atoms. The van der Waals surface area contributed by atoms with Gasteiger partial charge < -0.3 is 10.6 Å².